The summed E-state index contributed by atoms with van der Waals surface area (Å²) in [5.41, 5.74) is 2.62. The highest BCUT2D eigenvalue weighted by Gasteiger charge is 2.27. The first-order chi connectivity index (χ1) is 10.6. The minimum atomic E-state index is -0.503. The summed E-state index contributed by atoms with van der Waals surface area (Å²) in [6.45, 7) is 15.2. The Morgan fingerprint density at radius 2 is 1.70 bits per heavy atom. The Labute approximate surface area is 141 Å². The second-order valence-corrected chi connectivity index (χ2v) is 7.56. The highest BCUT2D eigenvalue weighted by molar-refractivity contribution is 5.80. The van der Waals surface area contributed by atoms with Crippen molar-refractivity contribution in [3.8, 4) is 5.75 Å². The quantitative estimate of drug-likeness (QED) is 0.799. The molecule has 1 amide bonds. The van der Waals surface area contributed by atoms with E-state index in [1.165, 1.54) is 11.1 Å². The van der Waals surface area contributed by atoms with Crippen LogP contribution in [0, 0.1) is 0 Å². The topological polar surface area (TPSA) is 38.3 Å². The number of carbonyl (C=O) groups is 1. The summed E-state index contributed by atoms with van der Waals surface area (Å²) in [7, 11) is 1.63. The van der Waals surface area contributed by atoms with Gasteiger partial charge in [0.2, 0.25) is 0 Å². The number of amides is 1. The van der Waals surface area contributed by atoms with E-state index in [1.54, 1.807) is 14.0 Å². The molecule has 0 aliphatic heterocycles. The first-order valence-corrected chi connectivity index (χ1v) is 8.62. The van der Waals surface area contributed by atoms with Crippen molar-refractivity contribution in [3.63, 3.8) is 0 Å². The van der Waals surface area contributed by atoms with Crippen LogP contribution in [0.2, 0.25) is 0 Å². The molecule has 0 radical (unpaired) electrons. The molecular formula is C20H33NO2. The van der Waals surface area contributed by atoms with Crippen molar-refractivity contribution in [2.45, 2.75) is 78.2 Å². The van der Waals surface area contributed by atoms with E-state index in [1.807, 2.05) is 6.07 Å². The number of nitrogens with one attached hydrogen (secondary N) is 1. The van der Waals surface area contributed by atoms with E-state index in [0.29, 0.717) is 0 Å². The minimum Gasteiger partial charge on any atom is -0.481 e. The molecular weight excluding hydrogens is 286 g/mol. The van der Waals surface area contributed by atoms with Gasteiger partial charge in [0.15, 0.2) is 6.10 Å². The van der Waals surface area contributed by atoms with Crippen LogP contribution in [0.4, 0.5) is 0 Å². The molecule has 0 heterocycles. The van der Waals surface area contributed by atoms with Gasteiger partial charge in [0.05, 0.1) is 0 Å². The number of benzene rings is 1. The average Bonchev–Trinajstić information content (AvgIpc) is 2.53. The van der Waals surface area contributed by atoms with E-state index in [0.717, 1.165) is 18.6 Å². The van der Waals surface area contributed by atoms with Gasteiger partial charge in [0.25, 0.3) is 5.91 Å². The maximum atomic E-state index is 11.8. The van der Waals surface area contributed by atoms with Crippen molar-refractivity contribution in [2.24, 2.45) is 0 Å². The van der Waals surface area contributed by atoms with Crippen molar-refractivity contribution in [3.05, 3.63) is 29.3 Å². The Bertz CT molecular complexity index is 547. The van der Waals surface area contributed by atoms with Gasteiger partial charge in [-0.15, -0.1) is 0 Å². The smallest absolute Gasteiger partial charge is 0.260 e. The molecule has 1 aromatic carbocycles. The predicted octanol–water partition coefficient (Wildman–Crippen LogP) is 4.58. The number of hydrogen-bond donors (Lipinski definition) is 1. The highest BCUT2D eigenvalue weighted by Crippen LogP contribution is 2.38. The summed E-state index contributed by atoms with van der Waals surface area (Å²) in [6.07, 6.45) is 1.58. The fraction of sp³-hybridized carbons (Fsp3) is 0.650. The molecule has 0 spiro atoms. The fourth-order valence-corrected chi connectivity index (χ4v) is 2.42. The second-order valence-electron chi connectivity index (χ2n) is 7.56. The van der Waals surface area contributed by atoms with Gasteiger partial charge in [0, 0.05) is 12.6 Å². The van der Waals surface area contributed by atoms with E-state index in [4.69, 9.17) is 4.74 Å². The van der Waals surface area contributed by atoms with E-state index in [2.05, 4.69) is 59.0 Å². The third-order valence-corrected chi connectivity index (χ3v) is 5.18. The molecule has 1 unspecified atom stereocenters. The maximum Gasteiger partial charge on any atom is 0.260 e. The molecule has 0 saturated heterocycles. The molecule has 0 bridgehead atoms. The van der Waals surface area contributed by atoms with Gasteiger partial charge in [-0.05, 0) is 42.2 Å². The van der Waals surface area contributed by atoms with Crippen LogP contribution >= 0.6 is 0 Å². The summed E-state index contributed by atoms with van der Waals surface area (Å²) in [5.74, 6) is 0.701. The normalized spacial score (nSPS) is 13.6. The van der Waals surface area contributed by atoms with Crippen molar-refractivity contribution < 1.29 is 9.53 Å². The summed E-state index contributed by atoms with van der Waals surface area (Å²) < 4.78 is 5.98. The van der Waals surface area contributed by atoms with Crippen LogP contribution in [0.5, 0.6) is 5.75 Å². The summed E-state index contributed by atoms with van der Waals surface area (Å²) >= 11 is 0. The minimum absolute atomic E-state index is 0.00241. The first-order valence-electron chi connectivity index (χ1n) is 8.62. The Kier molecular flexibility index (Phi) is 6.26. The molecule has 23 heavy (non-hydrogen) atoms. The lowest BCUT2D eigenvalue weighted by atomic mass is 9.76. The average molecular weight is 319 g/mol. The van der Waals surface area contributed by atoms with Crippen molar-refractivity contribution in [2.75, 3.05) is 7.05 Å². The van der Waals surface area contributed by atoms with Gasteiger partial charge in [0.1, 0.15) is 5.75 Å². The maximum absolute atomic E-state index is 11.8. The van der Waals surface area contributed by atoms with Crippen LogP contribution in [-0.2, 0) is 15.6 Å². The van der Waals surface area contributed by atoms with Gasteiger partial charge < -0.3 is 10.1 Å². The zero-order chi connectivity index (χ0) is 17.8. The molecule has 0 fully saturated rings. The fourth-order valence-electron chi connectivity index (χ4n) is 2.42. The zero-order valence-corrected chi connectivity index (χ0v) is 16.0. The number of carbonyl (C=O) groups excluding carboxylic acids is 1. The zero-order valence-electron chi connectivity index (χ0n) is 16.0. The number of likely N-dealkylation sites (N-methyl/N-ethyl adjacent to an activating group) is 1. The van der Waals surface area contributed by atoms with Crippen molar-refractivity contribution in [1.29, 1.82) is 0 Å². The molecule has 3 heteroatoms. The predicted molar refractivity (Wildman–Crippen MR) is 97.2 cm³/mol. The van der Waals surface area contributed by atoms with Crippen molar-refractivity contribution in [1.82, 2.24) is 5.32 Å². The third-order valence-electron chi connectivity index (χ3n) is 5.18. The van der Waals surface area contributed by atoms with Gasteiger partial charge in [-0.2, -0.15) is 0 Å². The summed E-state index contributed by atoms with van der Waals surface area (Å²) in [6, 6.07) is 6.42. The van der Waals surface area contributed by atoms with Crippen LogP contribution in [0.3, 0.4) is 0 Å². The molecule has 3 nitrogen and oxygen atoms in total. The lowest BCUT2D eigenvalue weighted by molar-refractivity contribution is -0.126. The Morgan fingerprint density at radius 3 is 2.17 bits per heavy atom. The van der Waals surface area contributed by atoms with Crippen LogP contribution in [0.15, 0.2) is 18.2 Å². The Balaban J connectivity index is 3.33. The molecule has 130 valence electrons. The number of ether oxygens (including phenoxy) is 1. The van der Waals surface area contributed by atoms with Crippen LogP contribution in [-0.4, -0.2) is 19.1 Å². The monoisotopic (exact) mass is 319 g/mol. The van der Waals surface area contributed by atoms with Gasteiger partial charge in [-0.25, -0.2) is 0 Å². The van der Waals surface area contributed by atoms with Gasteiger partial charge in [-0.1, -0.05) is 53.7 Å². The first kappa shape index (κ1) is 19.5. The highest BCUT2D eigenvalue weighted by atomic mass is 16.5. The van der Waals surface area contributed by atoms with Crippen molar-refractivity contribution >= 4 is 5.91 Å². The standard InChI is InChI=1S/C20H33NO2/c1-9-19(4,5)15-11-12-17(23-14(3)18(22)21-8)16(13-15)20(6,7)10-2/h11-14H,9-10H2,1-8H3,(H,21,22). The molecule has 0 aromatic heterocycles. The summed E-state index contributed by atoms with van der Waals surface area (Å²) in [5, 5.41) is 2.64. The summed E-state index contributed by atoms with van der Waals surface area (Å²) in [4.78, 5) is 11.8. The van der Waals surface area contributed by atoms with Gasteiger partial charge >= 0.3 is 0 Å². The lowest BCUT2D eigenvalue weighted by Gasteiger charge is -2.31. The molecule has 1 atom stereocenters. The second kappa shape index (κ2) is 7.37. The molecule has 1 rings (SSSR count). The largest absolute Gasteiger partial charge is 0.481 e. The molecule has 0 aliphatic carbocycles. The van der Waals surface area contributed by atoms with E-state index in [-0.39, 0.29) is 16.7 Å². The number of hydrogen-bond acceptors (Lipinski definition) is 2. The van der Waals surface area contributed by atoms with Crippen LogP contribution < -0.4 is 10.1 Å². The Hall–Kier alpha value is -1.51. The van der Waals surface area contributed by atoms with E-state index in [9.17, 15) is 4.79 Å². The Morgan fingerprint density at radius 1 is 1.13 bits per heavy atom. The lowest BCUT2D eigenvalue weighted by Crippen LogP contribution is -2.34. The molecule has 1 N–H and O–H groups in total. The SMILES string of the molecule is CCC(C)(C)c1ccc(OC(C)C(=O)NC)c(C(C)(C)CC)c1. The number of rotatable bonds is 7. The van der Waals surface area contributed by atoms with Gasteiger partial charge in [-0.3, -0.25) is 4.79 Å². The van der Waals surface area contributed by atoms with Crippen LogP contribution in [0.25, 0.3) is 0 Å². The molecule has 0 saturated carbocycles. The van der Waals surface area contributed by atoms with Crippen LogP contribution in [0.1, 0.15) is 72.4 Å². The third kappa shape index (κ3) is 4.49. The van der Waals surface area contributed by atoms with E-state index >= 15 is 0 Å². The van der Waals surface area contributed by atoms with E-state index < -0.39 is 6.10 Å². The molecule has 0 aliphatic rings. The molecule has 1 aromatic rings.